The van der Waals surface area contributed by atoms with Crippen molar-refractivity contribution in [3.63, 3.8) is 0 Å². The number of amides is 2. The molecule has 0 spiro atoms. The van der Waals surface area contributed by atoms with E-state index in [0.717, 1.165) is 11.1 Å². The standard InChI is InChI=1S/C22H25N3O4/c1-15(17-9-10-19(28-2)20(11-17)29-3)23-24-22(27)18-12-21(26)25(14-18)13-16-7-5-4-6-8-16/h4-11,18H,12-14H2,1-3H3,(H,24,27)/b23-15+. The lowest BCUT2D eigenvalue weighted by molar-refractivity contribution is -0.129. The topological polar surface area (TPSA) is 80.2 Å². The second-order valence-electron chi connectivity index (χ2n) is 6.90. The normalized spacial score (nSPS) is 16.7. The summed E-state index contributed by atoms with van der Waals surface area (Å²) in [6.45, 7) is 2.70. The van der Waals surface area contributed by atoms with Crippen molar-refractivity contribution in [2.75, 3.05) is 20.8 Å². The lowest BCUT2D eigenvalue weighted by atomic mass is 10.1. The van der Waals surface area contributed by atoms with Crippen molar-refractivity contribution in [1.29, 1.82) is 0 Å². The molecule has 1 unspecified atom stereocenters. The predicted molar refractivity (Wildman–Crippen MR) is 110 cm³/mol. The minimum atomic E-state index is -0.409. The molecular formula is C22H25N3O4. The van der Waals surface area contributed by atoms with Crippen molar-refractivity contribution in [2.24, 2.45) is 11.0 Å². The summed E-state index contributed by atoms with van der Waals surface area (Å²) in [6, 6.07) is 15.2. The van der Waals surface area contributed by atoms with Gasteiger partial charge in [0.25, 0.3) is 0 Å². The summed E-state index contributed by atoms with van der Waals surface area (Å²) in [4.78, 5) is 26.5. The molecule has 1 saturated heterocycles. The predicted octanol–water partition coefficient (Wildman–Crippen LogP) is 2.59. The van der Waals surface area contributed by atoms with Gasteiger partial charge in [-0.3, -0.25) is 9.59 Å². The van der Waals surface area contributed by atoms with Crippen molar-refractivity contribution < 1.29 is 19.1 Å². The van der Waals surface area contributed by atoms with Crippen LogP contribution >= 0.6 is 0 Å². The van der Waals surface area contributed by atoms with Crippen molar-refractivity contribution in [1.82, 2.24) is 10.3 Å². The molecule has 0 bridgehead atoms. The second kappa shape index (κ2) is 9.23. The number of benzene rings is 2. The van der Waals surface area contributed by atoms with E-state index in [1.165, 1.54) is 0 Å². The Balaban J connectivity index is 1.61. The third-order valence-electron chi connectivity index (χ3n) is 4.94. The van der Waals surface area contributed by atoms with Crippen LogP contribution in [0.1, 0.15) is 24.5 Å². The summed E-state index contributed by atoms with van der Waals surface area (Å²) in [7, 11) is 3.14. The zero-order valence-corrected chi connectivity index (χ0v) is 16.8. The summed E-state index contributed by atoms with van der Waals surface area (Å²) in [5.41, 5.74) is 5.07. The van der Waals surface area contributed by atoms with Crippen LogP contribution in [0, 0.1) is 5.92 Å². The summed E-state index contributed by atoms with van der Waals surface area (Å²) in [6.07, 6.45) is 0.198. The first kappa shape index (κ1) is 20.4. The molecule has 2 aromatic carbocycles. The fourth-order valence-electron chi connectivity index (χ4n) is 3.26. The molecule has 0 aromatic heterocycles. The number of hydrogen-bond donors (Lipinski definition) is 1. The number of carbonyl (C=O) groups excluding carboxylic acids is 2. The molecule has 0 radical (unpaired) electrons. The number of hydrogen-bond acceptors (Lipinski definition) is 5. The van der Waals surface area contributed by atoms with Crippen molar-refractivity contribution in [3.8, 4) is 11.5 Å². The van der Waals surface area contributed by atoms with Gasteiger partial charge in [0.15, 0.2) is 11.5 Å². The van der Waals surface area contributed by atoms with Crippen LogP contribution in [0.4, 0.5) is 0 Å². The van der Waals surface area contributed by atoms with Gasteiger partial charge in [-0.2, -0.15) is 5.10 Å². The minimum Gasteiger partial charge on any atom is -0.493 e. The molecule has 29 heavy (non-hydrogen) atoms. The fourth-order valence-corrected chi connectivity index (χ4v) is 3.26. The van der Waals surface area contributed by atoms with E-state index >= 15 is 0 Å². The van der Waals surface area contributed by atoms with Gasteiger partial charge in [-0.25, -0.2) is 5.43 Å². The van der Waals surface area contributed by atoms with Gasteiger partial charge >= 0.3 is 0 Å². The Bertz CT molecular complexity index is 912. The van der Waals surface area contributed by atoms with Gasteiger partial charge in [0.05, 0.1) is 25.8 Å². The SMILES string of the molecule is COc1ccc(/C(C)=N/NC(=O)C2CC(=O)N(Cc3ccccc3)C2)cc1OC. The quantitative estimate of drug-likeness (QED) is 0.577. The van der Waals surface area contributed by atoms with Crippen molar-refractivity contribution >= 4 is 17.5 Å². The average molecular weight is 395 g/mol. The zero-order chi connectivity index (χ0) is 20.8. The Labute approximate surface area is 170 Å². The van der Waals surface area contributed by atoms with Gasteiger partial charge in [-0.15, -0.1) is 0 Å². The molecule has 1 aliphatic rings. The number of carbonyl (C=O) groups is 2. The highest BCUT2D eigenvalue weighted by molar-refractivity contribution is 6.00. The van der Waals surface area contributed by atoms with E-state index in [2.05, 4.69) is 10.5 Å². The van der Waals surface area contributed by atoms with E-state index in [4.69, 9.17) is 9.47 Å². The van der Waals surface area contributed by atoms with Crippen LogP contribution in [0.3, 0.4) is 0 Å². The number of likely N-dealkylation sites (tertiary alicyclic amines) is 1. The zero-order valence-electron chi connectivity index (χ0n) is 16.8. The number of nitrogens with one attached hydrogen (secondary N) is 1. The molecule has 2 amide bonds. The van der Waals surface area contributed by atoms with E-state index in [0.29, 0.717) is 30.3 Å². The van der Waals surface area contributed by atoms with Gasteiger partial charge < -0.3 is 14.4 Å². The number of ether oxygens (including phenoxy) is 2. The molecule has 0 saturated carbocycles. The Morgan fingerprint density at radius 1 is 1.14 bits per heavy atom. The molecule has 2 aromatic rings. The minimum absolute atomic E-state index is 0.0189. The summed E-state index contributed by atoms with van der Waals surface area (Å²) >= 11 is 0. The Morgan fingerprint density at radius 2 is 1.86 bits per heavy atom. The van der Waals surface area contributed by atoms with Crippen LogP contribution in [0.25, 0.3) is 0 Å². The maximum atomic E-state index is 12.5. The van der Waals surface area contributed by atoms with Crippen LogP contribution in [0.15, 0.2) is 53.6 Å². The summed E-state index contributed by atoms with van der Waals surface area (Å²) in [5, 5.41) is 4.19. The van der Waals surface area contributed by atoms with E-state index in [9.17, 15) is 9.59 Å². The average Bonchev–Trinajstić information content (AvgIpc) is 3.12. The third-order valence-corrected chi connectivity index (χ3v) is 4.94. The molecule has 1 aliphatic heterocycles. The van der Waals surface area contributed by atoms with Gasteiger partial charge in [0, 0.05) is 25.1 Å². The number of methoxy groups -OCH3 is 2. The smallest absolute Gasteiger partial charge is 0.245 e. The van der Waals surface area contributed by atoms with E-state index in [1.54, 1.807) is 38.2 Å². The molecular weight excluding hydrogens is 370 g/mol. The Kier molecular flexibility index (Phi) is 6.49. The molecule has 3 rings (SSSR count). The van der Waals surface area contributed by atoms with Gasteiger partial charge in [0.2, 0.25) is 11.8 Å². The third kappa shape index (κ3) is 4.93. The van der Waals surface area contributed by atoms with Crippen LogP contribution in [-0.4, -0.2) is 43.2 Å². The molecule has 1 N–H and O–H groups in total. The lowest BCUT2D eigenvalue weighted by Crippen LogP contribution is -2.30. The first-order chi connectivity index (χ1) is 14.0. The van der Waals surface area contributed by atoms with Crippen molar-refractivity contribution in [2.45, 2.75) is 19.9 Å². The summed E-state index contributed by atoms with van der Waals surface area (Å²) < 4.78 is 10.5. The Morgan fingerprint density at radius 3 is 2.55 bits per heavy atom. The fraction of sp³-hybridized carbons (Fsp3) is 0.318. The van der Waals surface area contributed by atoms with Gasteiger partial charge in [-0.05, 0) is 30.7 Å². The summed E-state index contributed by atoms with van der Waals surface area (Å²) in [5.74, 6) is 0.524. The number of hydrazone groups is 1. The molecule has 1 fully saturated rings. The first-order valence-corrected chi connectivity index (χ1v) is 9.40. The molecule has 1 heterocycles. The second-order valence-corrected chi connectivity index (χ2v) is 6.90. The number of nitrogens with zero attached hydrogens (tertiary/aromatic N) is 2. The molecule has 1 atom stereocenters. The molecule has 0 aliphatic carbocycles. The van der Waals surface area contributed by atoms with Crippen LogP contribution in [0.5, 0.6) is 11.5 Å². The first-order valence-electron chi connectivity index (χ1n) is 9.40. The van der Waals surface area contributed by atoms with E-state index < -0.39 is 5.92 Å². The monoisotopic (exact) mass is 395 g/mol. The van der Waals surface area contributed by atoms with E-state index in [1.807, 2.05) is 36.4 Å². The van der Waals surface area contributed by atoms with E-state index in [-0.39, 0.29) is 18.2 Å². The lowest BCUT2D eigenvalue weighted by Gasteiger charge is -2.16. The van der Waals surface area contributed by atoms with Crippen LogP contribution in [-0.2, 0) is 16.1 Å². The molecule has 152 valence electrons. The molecule has 7 nitrogen and oxygen atoms in total. The maximum Gasteiger partial charge on any atom is 0.245 e. The van der Waals surface area contributed by atoms with Crippen LogP contribution < -0.4 is 14.9 Å². The highest BCUT2D eigenvalue weighted by atomic mass is 16.5. The highest BCUT2D eigenvalue weighted by Crippen LogP contribution is 2.27. The maximum absolute atomic E-state index is 12.5. The Hall–Kier alpha value is -3.35. The molecule has 7 heteroatoms. The van der Waals surface area contributed by atoms with Gasteiger partial charge in [0.1, 0.15) is 0 Å². The van der Waals surface area contributed by atoms with Gasteiger partial charge in [-0.1, -0.05) is 30.3 Å². The largest absolute Gasteiger partial charge is 0.493 e. The number of rotatable bonds is 7. The highest BCUT2D eigenvalue weighted by Gasteiger charge is 2.34. The van der Waals surface area contributed by atoms with Crippen LogP contribution in [0.2, 0.25) is 0 Å². The van der Waals surface area contributed by atoms with Crippen molar-refractivity contribution in [3.05, 3.63) is 59.7 Å².